The third kappa shape index (κ3) is 2.82. The number of nitrogens with zero attached hydrogens (tertiary/aromatic N) is 3. The van der Waals surface area contributed by atoms with E-state index in [9.17, 15) is 0 Å². The highest BCUT2D eigenvalue weighted by molar-refractivity contribution is 5.73. The Bertz CT molecular complexity index is 463. The zero-order valence-corrected chi connectivity index (χ0v) is 10.6. The summed E-state index contributed by atoms with van der Waals surface area (Å²) in [6.45, 7) is 6.45. The maximum absolute atomic E-state index is 4.24. The maximum Gasteiger partial charge on any atom is 0.113 e. The lowest BCUT2D eigenvalue weighted by Gasteiger charge is -2.12. The zero-order valence-electron chi connectivity index (χ0n) is 10.6. The van der Waals surface area contributed by atoms with Crippen molar-refractivity contribution in [2.45, 2.75) is 32.7 Å². The Morgan fingerprint density at radius 1 is 1.35 bits per heavy atom. The van der Waals surface area contributed by atoms with Crippen molar-refractivity contribution in [1.29, 1.82) is 0 Å². The minimum atomic E-state index is 0.404. The molecule has 1 unspecified atom stereocenters. The van der Waals surface area contributed by atoms with Gasteiger partial charge in [-0.1, -0.05) is 24.3 Å². The Morgan fingerprint density at radius 2 is 2.18 bits per heavy atom. The number of hydrogen-bond acceptors (Lipinski definition) is 3. The second kappa shape index (κ2) is 5.77. The summed E-state index contributed by atoms with van der Waals surface area (Å²) >= 11 is 0. The number of nitrogens with one attached hydrogen (secondary N) is 1. The smallest absolute Gasteiger partial charge is 0.113 e. The minimum absolute atomic E-state index is 0.404. The molecule has 0 amide bonds. The van der Waals surface area contributed by atoms with E-state index in [0.29, 0.717) is 6.04 Å². The second-order valence-corrected chi connectivity index (χ2v) is 4.37. The quantitative estimate of drug-likeness (QED) is 0.778. The molecule has 0 radical (unpaired) electrons. The number of rotatable bonds is 6. The summed E-state index contributed by atoms with van der Waals surface area (Å²) in [5.74, 6) is 0. The molecule has 0 saturated carbocycles. The van der Waals surface area contributed by atoms with Crippen LogP contribution in [-0.2, 0) is 0 Å². The van der Waals surface area contributed by atoms with Crippen LogP contribution in [0.2, 0.25) is 0 Å². The molecular formula is C13H20N4. The predicted molar refractivity (Wildman–Crippen MR) is 70.0 cm³/mol. The summed E-state index contributed by atoms with van der Waals surface area (Å²) in [5.41, 5.74) is 2.11. The molecule has 2 aromatic rings. The van der Waals surface area contributed by atoms with E-state index in [-0.39, 0.29) is 0 Å². The molecule has 1 aromatic carbocycles. The molecule has 0 aliphatic rings. The molecule has 1 aromatic heterocycles. The van der Waals surface area contributed by atoms with Crippen LogP contribution in [0.5, 0.6) is 0 Å². The first-order valence-corrected chi connectivity index (χ1v) is 6.33. The number of fused-ring (bicyclic) bond motifs is 1. The lowest BCUT2D eigenvalue weighted by molar-refractivity contribution is 0.441. The largest absolute Gasteiger partial charge is 0.317 e. The maximum atomic E-state index is 4.24. The molecule has 0 aliphatic carbocycles. The fourth-order valence-corrected chi connectivity index (χ4v) is 2.03. The highest BCUT2D eigenvalue weighted by Gasteiger charge is 2.09. The highest BCUT2D eigenvalue weighted by atomic mass is 15.4. The van der Waals surface area contributed by atoms with Gasteiger partial charge < -0.3 is 5.32 Å². The van der Waals surface area contributed by atoms with E-state index < -0.39 is 0 Å². The Morgan fingerprint density at radius 3 is 3.00 bits per heavy atom. The Hall–Kier alpha value is -1.42. The van der Waals surface area contributed by atoms with Gasteiger partial charge in [-0.3, -0.25) is 0 Å². The van der Waals surface area contributed by atoms with Crippen molar-refractivity contribution in [3.8, 4) is 0 Å². The van der Waals surface area contributed by atoms with Gasteiger partial charge in [-0.15, -0.1) is 5.10 Å². The highest BCUT2D eigenvalue weighted by Crippen LogP contribution is 2.18. The van der Waals surface area contributed by atoms with Gasteiger partial charge >= 0.3 is 0 Å². The van der Waals surface area contributed by atoms with Crippen LogP contribution < -0.4 is 5.32 Å². The molecule has 0 fully saturated rings. The molecule has 0 aliphatic heterocycles. The van der Waals surface area contributed by atoms with Gasteiger partial charge in [0, 0.05) is 0 Å². The molecule has 92 valence electrons. The first kappa shape index (κ1) is 12.0. The van der Waals surface area contributed by atoms with Gasteiger partial charge in [-0.25, -0.2) is 4.68 Å². The topological polar surface area (TPSA) is 42.7 Å². The molecule has 4 nitrogen and oxygen atoms in total. The van der Waals surface area contributed by atoms with Crippen molar-refractivity contribution >= 4 is 11.0 Å². The normalized spacial score (nSPS) is 13.1. The molecule has 4 heteroatoms. The van der Waals surface area contributed by atoms with E-state index in [2.05, 4.69) is 35.5 Å². The molecule has 2 rings (SSSR count). The van der Waals surface area contributed by atoms with Crippen molar-refractivity contribution < 1.29 is 0 Å². The molecular weight excluding hydrogens is 212 g/mol. The van der Waals surface area contributed by atoms with Crippen LogP contribution in [0.15, 0.2) is 24.3 Å². The SMILES string of the molecule is CCNCCCC(C)n1nnc2ccccc21. The van der Waals surface area contributed by atoms with E-state index in [1.54, 1.807) is 0 Å². The van der Waals surface area contributed by atoms with Gasteiger partial charge in [0.25, 0.3) is 0 Å². The van der Waals surface area contributed by atoms with Gasteiger partial charge in [0.2, 0.25) is 0 Å². The van der Waals surface area contributed by atoms with Gasteiger partial charge in [0.15, 0.2) is 0 Å². The van der Waals surface area contributed by atoms with Crippen molar-refractivity contribution in [1.82, 2.24) is 20.3 Å². The van der Waals surface area contributed by atoms with E-state index in [4.69, 9.17) is 0 Å². The van der Waals surface area contributed by atoms with E-state index >= 15 is 0 Å². The van der Waals surface area contributed by atoms with Crippen LogP contribution in [0.3, 0.4) is 0 Å². The lowest BCUT2D eigenvalue weighted by atomic mass is 10.2. The summed E-state index contributed by atoms with van der Waals surface area (Å²) < 4.78 is 2.03. The summed E-state index contributed by atoms with van der Waals surface area (Å²) in [7, 11) is 0. The molecule has 1 atom stereocenters. The summed E-state index contributed by atoms with van der Waals surface area (Å²) in [6, 6.07) is 8.52. The van der Waals surface area contributed by atoms with Gasteiger partial charge in [-0.2, -0.15) is 0 Å². The number of aromatic nitrogens is 3. The van der Waals surface area contributed by atoms with Crippen LogP contribution >= 0.6 is 0 Å². The molecule has 0 saturated heterocycles. The monoisotopic (exact) mass is 232 g/mol. The molecule has 1 heterocycles. The van der Waals surface area contributed by atoms with E-state index in [0.717, 1.165) is 30.5 Å². The minimum Gasteiger partial charge on any atom is -0.317 e. The number of benzene rings is 1. The second-order valence-electron chi connectivity index (χ2n) is 4.37. The van der Waals surface area contributed by atoms with Gasteiger partial charge in [0.1, 0.15) is 5.52 Å². The molecule has 17 heavy (non-hydrogen) atoms. The number of hydrogen-bond donors (Lipinski definition) is 1. The zero-order chi connectivity index (χ0) is 12.1. The van der Waals surface area contributed by atoms with Crippen molar-refractivity contribution in [3.63, 3.8) is 0 Å². The Kier molecular flexibility index (Phi) is 4.09. The third-order valence-corrected chi connectivity index (χ3v) is 3.02. The Labute approximate surface area is 102 Å². The third-order valence-electron chi connectivity index (χ3n) is 3.02. The first-order chi connectivity index (χ1) is 8.33. The van der Waals surface area contributed by atoms with Crippen molar-refractivity contribution in [2.75, 3.05) is 13.1 Å². The number of para-hydroxylation sites is 1. The van der Waals surface area contributed by atoms with Crippen LogP contribution in [-0.4, -0.2) is 28.1 Å². The van der Waals surface area contributed by atoms with Crippen LogP contribution in [0.25, 0.3) is 11.0 Å². The van der Waals surface area contributed by atoms with E-state index in [1.165, 1.54) is 6.42 Å². The molecule has 1 N–H and O–H groups in total. The fourth-order valence-electron chi connectivity index (χ4n) is 2.03. The molecule has 0 spiro atoms. The lowest BCUT2D eigenvalue weighted by Crippen LogP contribution is -2.16. The van der Waals surface area contributed by atoms with E-state index in [1.807, 2.05) is 22.9 Å². The van der Waals surface area contributed by atoms with Crippen LogP contribution in [0, 0.1) is 0 Å². The van der Waals surface area contributed by atoms with Crippen molar-refractivity contribution in [3.05, 3.63) is 24.3 Å². The Balaban J connectivity index is 2.01. The fraction of sp³-hybridized carbons (Fsp3) is 0.538. The first-order valence-electron chi connectivity index (χ1n) is 6.33. The average Bonchev–Trinajstić information content (AvgIpc) is 2.78. The summed E-state index contributed by atoms with van der Waals surface area (Å²) in [4.78, 5) is 0. The van der Waals surface area contributed by atoms with Crippen LogP contribution in [0.1, 0.15) is 32.7 Å². The average molecular weight is 232 g/mol. The standard InChI is InChI=1S/C13H20N4/c1-3-14-10-6-7-11(2)17-13-9-5-4-8-12(13)15-16-17/h4-5,8-9,11,14H,3,6-7,10H2,1-2H3. The summed E-state index contributed by atoms with van der Waals surface area (Å²) in [6.07, 6.45) is 2.30. The molecule has 0 bridgehead atoms. The summed E-state index contributed by atoms with van der Waals surface area (Å²) in [5, 5.41) is 11.8. The van der Waals surface area contributed by atoms with Crippen LogP contribution in [0.4, 0.5) is 0 Å². The van der Waals surface area contributed by atoms with Gasteiger partial charge in [-0.05, 0) is 45.0 Å². The van der Waals surface area contributed by atoms with Gasteiger partial charge in [0.05, 0.1) is 11.6 Å². The predicted octanol–water partition coefficient (Wildman–Crippen LogP) is 2.38. The van der Waals surface area contributed by atoms with Crippen molar-refractivity contribution in [2.24, 2.45) is 0 Å².